The van der Waals surface area contributed by atoms with Crippen molar-refractivity contribution in [2.75, 3.05) is 13.2 Å². The van der Waals surface area contributed by atoms with Crippen LogP contribution in [0.5, 0.6) is 0 Å². The van der Waals surface area contributed by atoms with Gasteiger partial charge in [0.05, 0.1) is 13.2 Å². The second-order valence-electron chi connectivity index (χ2n) is 19.1. The molecule has 0 spiro atoms. The fourth-order valence-corrected chi connectivity index (χ4v) is 8.25. The molecule has 6 nitrogen and oxygen atoms in total. The van der Waals surface area contributed by atoms with Gasteiger partial charge >= 0.3 is 17.9 Å². The standard InChI is InChI=1S/C59H108O6/c1-4-7-10-13-16-19-22-25-28-31-34-37-40-43-46-49-54-63-57(60)53-52-56(65-58(61)51-48-45-42-39-36-33-30-27-24-21-18-15-12-9-6-3)59(62)64-55-50-47-44-41-38-35-32-29-26-23-20-17-14-11-8-5-2/h25-30,56H,4-24,31-55H2,1-3H3/b28-25-,29-26-,30-27-. The highest BCUT2D eigenvalue weighted by atomic mass is 16.6. The number of unbranched alkanes of at least 4 members (excludes halogenated alkanes) is 35. The maximum atomic E-state index is 13.1. The number of ether oxygens (including phenoxy) is 3. The van der Waals surface area contributed by atoms with Crippen LogP contribution in [0.3, 0.4) is 0 Å². The predicted octanol–water partition coefficient (Wildman–Crippen LogP) is 18.9. The Morgan fingerprint density at radius 2 is 0.615 bits per heavy atom. The molecule has 0 radical (unpaired) electrons. The van der Waals surface area contributed by atoms with Crippen molar-refractivity contribution in [2.45, 2.75) is 309 Å². The van der Waals surface area contributed by atoms with Crippen LogP contribution in [0.25, 0.3) is 0 Å². The molecule has 0 aromatic heterocycles. The Balaban J connectivity index is 4.39. The molecule has 1 atom stereocenters. The van der Waals surface area contributed by atoms with Crippen molar-refractivity contribution in [3.63, 3.8) is 0 Å². The third-order valence-corrected chi connectivity index (χ3v) is 12.6. The molecule has 0 aliphatic heterocycles. The normalized spacial score (nSPS) is 12.2. The highest BCUT2D eigenvalue weighted by Crippen LogP contribution is 2.16. The lowest BCUT2D eigenvalue weighted by atomic mass is 10.1. The summed E-state index contributed by atoms with van der Waals surface area (Å²) in [6.07, 6.45) is 63.2. The number of allylic oxidation sites excluding steroid dienone is 6. The quantitative estimate of drug-likeness (QED) is 0.0262. The summed E-state index contributed by atoms with van der Waals surface area (Å²) in [6, 6.07) is 0. The zero-order chi connectivity index (χ0) is 47.2. The summed E-state index contributed by atoms with van der Waals surface area (Å²) in [5, 5.41) is 0. The minimum Gasteiger partial charge on any atom is -0.466 e. The summed E-state index contributed by atoms with van der Waals surface area (Å²) >= 11 is 0. The second kappa shape index (κ2) is 54.2. The van der Waals surface area contributed by atoms with E-state index in [-0.39, 0.29) is 31.2 Å². The molecular weight excluding hydrogens is 805 g/mol. The van der Waals surface area contributed by atoms with Crippen LogP contribution in [0.15, 0.2) is 36.5 Å². The third kappa shape index (κ3) is 50.9. The van der Waals surface area contributed by atoms with Crippen LogP contribution in [0.1, 0.15) is 303 Å². The van der Waals surface area contributed by atoms with Crippen molar-refractivity contribution in [1.29, 1.82) is 0 Å². The molecule has 0 aromatic rings. The fraction of sp³-hybridized carbons (Fsp3) is 0.847. The monoisotopic (exact) mass is 913 g/mol. The molecule has 0 saturated carbocycles. The summed E-state index contributed by atoms with van der Waals surface area (Å²) in [6.45, 7) is 7.49. The number of hydrogen-bond donors (Lipinski definition) is 0. The molecular formula is C59H108O6. The van der Waals surface area contributed by atoms with Crippen molar-refractivity contribution in [2.24, 2.45) is 0 Å². The van der Waals surface area contributed by atoms with E-state index < -0.39 is 12.1 Å². The molecule has 0 fully saturated rings. The van der Waals surface area contributed by atoms with Gasteiger partial charge in [0, 0.05) is 19.3 Å². The minimum absolute atomic E-state index is 0.0288. The Hall–Kier alpha value is -2.37. The summed E-state index contributed by atoms with van der Waals surface area (Å²) in [5.74, 6) is -1.28. The van der Waals surface area contributed by atoms with Gasteiger partial charge in [0.15, 0.2) is 6.10 Å². The van der Waals surface area contributed by atoms with Crippen molar-refractivity contribution in [3.05, 3.63) is 36.5 Å². The maximum absolute atomic E-state index is 13.1. The van der Waals surface area contributed by atoms with Crippen LogP contribution >= 0.6 is 0 Å². The van der Waals surface area contributed by atoms with Gasteiger partial charge in [-0.1, -0.05) is 224 Å². The smallest absolute Gasteiger partial charge is 0.347 e. The van der Waals surface area contributed by atoms with Crippen molar-refractivity contribution in [3.8, 4) is 0 Å². The van der Waals surface area contributed by atoms with E-state index in [4.69, 9.17) is 14.2 Å². The first kappa shape index (κ1) is 62.6. The van der Waals surface area contributed by atoms with E-state index in [9.17, 15) is 14.4 Å². The Morgan fingerprint density at radius 3 is 0.969 bits per heavy atom. The van der Waals surface area contributed by atoms with Crippen molar-refractivity contribution >= 4 is 17.9 Å². The highest BCUT2D eigenvalue weighted by molar-refractivity contribution is 5.80. The Bertz CT molecular complexity index is 1090. The van der Waals surface area contributed by atoms with E-state index in [1.54, 1.807) is 0 Å². The lowest BCUT2D eigenvalue weighted by Gasteiger charge is -2.17. The molecule has 380 valence electrons. The molecule has 0 aromatic carbocycles. The Morgan fingerprint density at radius 1 is 0.323 bits per heavy atom. The first-order valence-corrected chi connectivity index (χ1v) is 28.5. The van der Waals surface area contributed by atoms with Gasteiger partial charge in [0.1, 0.15) is 0 Å². The molecule has 0 aliphatic rings. The molecule has 0 N–H and O–H groups in total. The zero-order valence-corrected chi connectivity index (χ0v) is 43.5. The van der Waals surface area contributed by atoms with Gasteiger partial charge in [0.25, 0.3) is 0 Å². The number of hydrogen-bond acceptors (Lipinski definition) is 6. The van der Waals surface area contributed by atoms with Gasteiger partial charge in [0.2, 0.25) is 0 Å². The van der Waals surface area contributed by atoms with Gasteiger partial charge in [-0.25, -0.2) is 4.79 Å². The third-order valence-electron chi connectivity index (χ3n) is 12.6. The largest absolute Gasteiger partial charge is 0.466 e. The van der Waals surface area contributed by atoms with E-state index in [1.807, 2.05) is 0 Å². The Kier molecular flexibility index (Phi) is 52.3. The van der Waals surface area contributed by atoms with Crippen LogP contribution in [0, 0.1) is 0 Å². The second-order valence-corrected chi connectivity index (χ2v) is 19.1. The van der Waals surface area contributed by atoms with Gasteiger partial charge in [-0.2, -0.15) is 0 Å². The number of carbonyl (C=O) groups excluding carboxylic acids is 3. The molecule has 6 heteroatoms. The number of rotatable bonds is 52. The molecule has 0 bridgehead atoms. The maximum Gasteiger partial charge on any atom is 0.347 e. The molecule has 1 unspecified atom stereocenters. The van der Waals surface area contributed by atoms with E-state index >= 15 is 0 Å². The molecule has 0 amide bonds. The summed E-state index contributed by atoms with van der Waals surface area (Å²) in [5.41, 5.74) is 0. The van der Waals surface area contributed by atoms with E-state index in [2.05, 4.69) is 57.2 Å². The zero-order valence-electron chi connectivity index (χ0n) is 43.5. The van der Waals surface area contributed by atoms with Crippen molar-refractivity contribution in [1.82, 2.24) is 0 Å². The Labute approximate surface area is 404 Å². The highest BCUT2D eigenvalue weighted by Gasteiger charge is 2.25. The van der Waals surface area contributed by atoms with E-state index in [1.165, 1.54) is 186 Å². The average molecular weight is 914 g/mol. The van der Waals surface area contributed by atoms with Gasteiger partial charge < -0.3 is 14.2 Å². The predicted molar refractivity (Wildman–Crippen MR) is 279 cm³/mol. The van der Waals surface area contributed by atoms with Crippen LogP contribution in [-0.4, -0.2) is 37.2 Å². The molecule has 0 aliphatic carbocycles. The minimum atomic E-state index is -1.07. The number of carbonyl (C=O) groups is 3. The lowest BCUT2D eigenvalue weighted by molar-refractivity contribution is -0.169. The van der Waals surface area contributed by atoms with Gasteiger partial charge in [-0.3, -0.25) is 9.59 Å². The van der Waals surface area contributed by atoms with Crippen molar-refractivity contribution < 1.29 is 28.6 Å². The van der Waals surface area contributed by atoms with Crippen LogP contribution in [0.4, 0.5) is 0 Å². The number of esters is 3. The summed E-state index contributed by atoms with van der Waals surface area (Å²) in [7, 11) is 0. The topological polar surface area (TPSA) is 78.9 Å². The summed E-state index contributed by atoms with van der Waals surface area (Å²) < 4.78 is 16.8. The first-order valence-electron chi connectivity index (χ1n) is 28.5. The first-order chi connectivity index (χ1) is 32.0. The van der Waals surface area contributed by atoms with Crippen LogP contribution in [0.2, 0.25) is 0 Å². The van der Waals surface area contributed by atoms with Gasteiger partial charge in [-0.15, -0.1) is 0 Å². The molecule has 0 rings (SSSR count). The summed E-state index contributed by atoms with van der Waals surface area (Å²) in [4.78, 5) is 38.6. The lowest BCUT2D eigenvalue weighted by Crippen LogP contribution is -2.30. The van der Waals surface area contributed by atoms with E-state index in [0.29, 0.717) is 13.2 Å². The van der Waals surface area contributed by atoms with Crippen LogP contribution < -0.4 is 0 Å². The average Bonchev–Trinajstić information content (AvgIpc) is 3.30. The molecule has 0 saturated heterocycles. The van der Waals surface area contributed by atoms with Crippen LogP contribution in [-0.2, 0) is 28.6 Å². The van der Waals surface area contributed by atoms with Gasteiger partial charge in [-0.05, 0) is 96.3 Å². The van der Waals surface area contributed by atoms with E-state index in [0.717, 1.165) is 77.0 Å². The molecule has 0 heterocycles. The SMILES string of the molecule is CCCCCCCC/C=C\CCCCCCCCOC(=O)CCC(OC(=O)CCCCCCC/C=C\CCCCCCCC)C(=O)OCCCCCCCC/C=C\CCCCCCCC. The fourth-order valence-electron chi connectivity index (χ4n) is 8.25. The molecule has 65 heavy (non-hydrogen) atoms.